The molecule has 0 aliphatic rings. The maximum Gasteiger partial charge on any atom is 0.251 e. The van der Waals surface area contributed by atoms with Gasteiger partial charge in [-0.3, -0.25) is 4.79 Å². The predicted molar refractivity (Wildman–Crippen MR) is 99.4 cm³/mol. The van der Waals surface area contributed by atoms with E-state index in [0.717, 1.165) is 5.56 Å². The molecule has 0 saturated heterocycles. The van der Waals surface area contributed by atoms with Gasteiger partial charge in [0.2, 0.25) is 10.0 Å². The summed E-state index contributed by atoms with van der Waals surface area (Å²) in [5.41, 5.74) is 1.30. The highest BCUT2D eigenvalue weighted by atomic mass is 35.5. The minimum Gasteiger partial charge on any atom is -0.350 e. The number of benzene rings is 2. The van der Waals surface area contributed by atoms with Gasteiger partial charge in [-0.2, -0.15) is 0 Å². The van der Waals surface area contributed by atoms with E-state index in [1.54, 1.807) is 24.3 Å². The lowest BCUT2D eigenvalue weighted by molar-refractivity contribution is 0.0943. The molecule has 0 heterocycles. The quantitative estimate of drug-likeness (QED) is 0.775. The largest absolute Gasteiger partial charge is 0.350 e. The van der Waals surface area contributed by atoms with Crippen molar-refractivity contribution in [1.82, 2.24) is 10.0 Å². The van der Waals surface area contributed by atoms with Crippen molar-refractivity contribution in [3.8, 4) is 0 Å². The van der Waals surface area contributed by atoms with Gasteiger partial charge in [-0.1, -0.05) is 29.8 Å². The van der Waals surface area contributed by atoms with Crippen molar-refractivity contribution in [3.05, 3.63) is 64.7 Å². The van der Waals surface area contributed by atoms with Crippen LogP contribution in [0.2, 0.25) is 5.02 Å². The Bertz CT molecular complexity index is 834. The van der Waals surface area contributed by atoms with Crippen molar-refractivity contribution in [1.29, 1.82) is 0 Å². The second-order valence-corrected chi connectivity index (χ2v) is 8.13. The topological polar surface area (TPSA) is 75.3 Å². The van der Waals surface area contributed by atoms with Gasteiger partial charge in [0.05, 0.1) is 4.90 Å². The first-order valence-corrected chi connectivity index (χ1v) is 9.79. The third-order valence-corrected chi connectivity index (χ3v) is 5.16. The molecule has 0 bridgehead atoms. The van der Waals surface area contributed by atoms with E-state index in [9.17, 15) is 13.2 Å². The van der Waals surface area contributed by atoms with Gasteiger partial charge in [0.15, 0.2) is 0 Å². The van der Waals surface area contributed by atoms with Crippen molar-refractivity contribution in [3.63, 3.8) is 0 Å². The highest BCUT2D eigenvalue weighted by molar-refractivity contribution is 7.89. The summed E-state index contributed by atoms with van der Waals surface area (Å²) < 4.78 is 27.4. The van der Waals surface area contributed by atoms with Gasteiger partial charge in [-0.15, -0.1) is 0 Å². The fraction of sp³-hybridized carbons (Fsp3) is 0.278. The second kappa shape index (κ2) is 8.47. The molecule has 0 aliphatic carbocycles. The average Bonchev–Trinajstić information content (AvgIpc) is 2.56. The third kappa shape index (κ3) is 5.85. The van der Waals surface area contributed by atoms with Crippen LogP contribution < -0.4 is 10.0 Å². The molecule has 1 amide bonds. The number of rotatable bonds is 7. The van der Waals surface area contributed by atoms with E-state index in [-0.39, 0.29) is 23.4 Å². The Kier molecular flexibility index (Phi) is 6.58. The fourth-order valence-electron chi connectivity index (χ4n) is 2.21. The van der Waals surface area contributed by atoms with Crippen LogP contribution in [0.3, 0.4) is 0 Å². The molecule has 0 fully saturated rings. The Morgan fingerprint density at radius 3 is 2.44 bits per heavy atom. The van der Waals surface area contributed by atoms with E-state index in [0.29, 0.717) is 17.0 Å². The maximum atomic E-state index is 12.4. The lowest BCUT2D eigenvalue weighted by atomic mass is 10.2. The Hall–Kier alpha value is -1.89. The molecule has 0 saturated carbocycles. The molecular weight excluding hydrogens is 360 g/mol. The number of sulfonamides is 1. The van der Waals surface area contributed by atoms with Gasteiger partial charge in [-0.05, 0) is 56.2 Å². The summed E-state index contributed by atoms with van der Waals surface area (Å²) in [4.78, 5) is 12.1. The summed E-state index contributed by atoms with van der Waals surface area (Å²) in [5.74, 6) is -0.298. The van der Waals surface area contributed by atoms with Gasteiger partial charge >= 0.3 is 0 Å². The van der Waals surface area contributed by atoms with E-state index in [2.05, 4.69) is 10.0 Å². The first-order chi connectivity index (χ1) is 11.8. The molecule has 0 aliphatic heterocycles. The Balaban J connectivity index is 2.03. The lowest BCUT2D eigenvalue weighted by Crippen LogP contribution is -2.30. The molecule has 0 aromatic heterocycles. The van der Waals surface area contributed by atoms with E-state index >= 15 is 0 Å². The number of carbonyl (C=O) groups is 1. The van der Waals surface area contributed by atoms with Crippen LogP contribution in [-0.4, -0.2) is 26.9 Å². The van der Waals surface area contributed by atoms with Gasteiger partial charge in [0, 0.05) is 23.2 Å². The molecule has 2 aromatic carbocycles. The molecule has 2 rings (SSSR count). The lowest BCUT2D eigenvalue weighted by Gasteiger charge is -2.10. The van der Waals surface area contributed by atoms with Gasteiger partial charge in [-0.25, -0.2) is 13.1 Å². The molecule has 2 aromatic rings. The minimum absolute atomic E-state index is 0.0229. The average molecular weight is 381 g/mol. The smallest absolute Gasteiger partial charge is 0.251 e. The molecule has 5 nitrogen and oxygen atoms in total. The van der Waals surface area contributed by atoms with Crippen LogP contribution in [0.15, 0.2) is 53.4 Å². The molecule has 0 atom stereocenters. The standard InChI is InChI=1S/C18H21ClN2O3S/c1-13(2)21-18(22)15-4-3-5-17(12-15)25(23,24)20-11-10-14-6-8-16(19)9-7-14/h3-9,12-13,20H,10-11H2,1-2H3,(H,21,22). The molecule has 0 spiro atoms. The number of hydrogen-bond donors (Lipinski definition) is 2. The summed E-state index contributed by atoms with van der Waals surface area (Å²) in [6.07, 6.45) is 0.546. The monoisotopic (exact) mass is 380 g/mol. The Labute approximate surface area is 153 Å². The first kappa shape index (κ1) is 19.4. The number of amides is 1. The van der Waals surface area contributed by atoms with E-state index in [1.807, 2.05) is 26.0 Å². The Morgan fingerprint density at radius 1 is 1.12 bits per heavy atom. The number of carbonyl (C=O) groups excluding carboxylic acids is 1. The second-order valence-electron chi connectivity index (χ2n) is 5.93. The SMILES string of the molecule is CC(C)NC(=O)c1cccc(S(=O)(=O)NCCc2ccc(Cl)cc2)c1. The van der Waals surface area contributed by atoms with Crippen LogP contribution in [0.4, 0.5) is 0 Å². The van der Waals surface area contributed by atoms with E-state index < -0.39 is 10.0 Å². The predicted octanol–water partition coefficient (Wildman–Crippen LogP) is 3.00. The molecule has 25 heavy (non-hydrogen) atoms. The van der Waals surface area contributed by atoms with Crippen LogP contribution in [-0.2, 0) is 16.4 Å². The number of halogens is 1. The highest BCUT2D eigenvalue weighted by Gasteiger charge is 2.16. The molecular formula is C18H21ClN2O3S. The third-order valence-electron chi connectivity index (χ3n) is 3.45. The molecule has 134 valence electrons. The summed E-state index contributed by atoms with van der Waals surface area (Å²) >= 11 is 5.83. The first-order valence-electron chi connectivity index (χ1n) is 7.93. The summed E-state index contributed by atoms with van der Waals surface area (Å²) in [5, 5.41) is 3.38. The Morgan fingerprint density at radius 2 is 1.80 bits per heavy atom. The van der Waals surface area contributed by atoms with Crippen molar-refractivity contribution >= 4 is 27.5 Å². The fourth-order valence-corrected chi connectivity index (χ4v) is 3.42. The van der Waals surface area contributed by atoms with E-state index in [4.69, 9.17) is 11.6 Å². The summed E-state index contributed by atoms with van der Waals surface area (Å²) in [6.45, 7) is 3.94. The molecule has 2 N–H and O–H groups in total. The van der Waals surface area contributed by atoms with Crippen molar-refractivity contribution in [2.75, 3.05) is 6.54 Å². The zero-order valence-electron chi connectivity index (χ0n) is 14.1. The molecule has 0 radical (unpaired) electrons. The van der Waals surface area contributed by atoms with Crippen LogP contribution >= 0.6 is 11.6 Å². The van der Waals surface area contributed by atoms with Gasteiger partial charge < -0.3 is 5.32 Å². The van der Waals surface area contributed by atoms with Crippen molar-refractivity contribution in [2.45, 2.75) is 31.2 Å². The van der Waals surface area contributed by atoms with Crippen LogP contribution in [0.25, 0.3) is 0 Å². The summed E-state index contributed by atoms with van der Waals surface area (Å²) in [6, 6.07) is 13.2. The van der Waals surface area contributed by atoms with Crippen LogP contribution in [0, 0.1) is 0 Å². The van der Waals surface area contributed by atoms with Crippen molar-refractivity contribution < 1.29 is 13.2 Å². The maximum absolute atomic E-state index is 12.4. The molecule has 7 heteroatoms. The molecule has 0 unspecified atom stereocenters. The van der Waals surface area contributed by atoms with Gasteiger partial charge in [0.25, 0.3) is 5.91 Å². The normalized spacial score (nSPS) is 11.5. The van der Waals surface area contributed by atoms with Crippen LogP contribution in [0.1, 0.15) is 29.8 Å². The van der Waals surface area contributed by atoms with E-state index in [1.165, 1.54) is 12.1 Å². The number of hydrogen-bond acceptors (Lipinski definition) is 3. The van der Waals surface area contributed by atoms with Crippen molar-refractivity contribution in [2.24, 2.45) is 0 Å². The van der Waals surface area contributed by atoms with Gasteiger partial charge in [0.1, 0.15) is 0 Å². The zero-order valence-corrected chi connectivity index (χ0v) is 15.7. The summed E-state index contributed by atoms with van der Waals surface area (Å²) in [7, 11) is -3.68. The highest BCUT2D eigenvalue weighted by Crippen LogP contribution is 2.13. The van der Waals surface area contributed by atoms with Crippen LogP contribution in [0.5, 0.6) is 0 Å². The number of nitrogens with one attached hydrogen (secondary N) is 2. The zero-order chi connectivity index (χ0) is 18.4. The minimum atomic E-state index is -3.68.